The van der Waals surface area contributed by atoms with E-state index in [-0.39, 0.29) is 26.7 Å². The molecule has 5 nitrogen and oxygen atoms in total. The zero-order chi connectivity index (χ0) is 17.5. The summed E-state index contributed by atoms with van der Waals surface area (Å²) in [5.41, 5.74) is 1.76. The Hall–Kier alpha value is -1.63. The average Bonchev–Trinajstić information content (AvgIpc) is 2.52. The quantitative estimate of drug-likeness (QED) is 0.744. The second kappa shape index (κ2) is 6.35. The molecule has 0 N–H and O–H groups in total. The van der Waals surface area contributed by atoms with Crippen LogP contribution >= 0.6 is 23.2 Å². The van der Waals surface area contributed by atoms with E-state index in [1.54, 1.807) is 23.1 Å². The molecular formula is C16H14Cl2N2O3S. The number of pyridine rings is 1. The number of aryl methyl sites for hydroxylation is 1. The third-order valence-corrected chi connectivity index (χ3v) is 5.50. The van der Waals surface area contributed by atoms with Crippen molar-refractivity contribution in [2.24, 2.45) is 0 Å². The third kappa shape index (κ3) is 3.27. The first-order valence-corrected chi connectivity index (χ1v) is 9.89. The lowest BCUT2D eigenvalue weighted by Gasteiger charge is -2.30. The summed E-state index contributed by atoms with van der Waals surface area (Å²) < 4.78 is 23.6. The van der Waals surface area contributed by atoms with E-state index < -0.39 is 9.84 Å². The minimum Gasteiger partial charge on any atom is -0.308 e. The molecule has 0 atom stereocenters. The van der Waals surface area contributed by atoms with Gasteiger partial charge >= 0.3 is 0 Å². The van der Waals surface area contributed by atoms with Gasteiger partial charge in [0.15, 0.2) is 9.84 Å². The minimum absolute atomic E-state index is 0.0268. The number of anilines is 1. The summed E-state index contributed by atoms with van der Waals surface area (Å²) in [7, 11) is -3.36. The second-order valence-corrected chi connectivity index (χ2v) is 8.36. The second-order valence-electron chi connectivity index (χ2n) is 5.60. The molecule has 0 bridgehead atoms. The van der Waals surface area contributed by atoms with E-state index in [0.717, 1.165) is 24.7 Å². The van der Waals surface area contributed by atoms with Crippen molar-refractivity contribution in [3.05, 3.63) is 51.8 Å². The highest BCUT2D eigenvalue weighted by Crippen LogP contribution is 2.32. The van der Waals surface area contributed by atoms with Gasteiger partial charge in [-0.15, -0.1) is 0 Å². The van der Waals surface area contributed by atoms with Crippen LogP contribution in [0.2, 0.25) is 10.3 Å². The minimum atomic E-state index is -3.36. The zero-order valence-electron chi connectivity index (χ0n) is 12.8. The lowest BCUT2D eigenvalue weighted by molar-refractivity contribution is 0.0985. The Morgan fingerprint density at radius 1 is 1.21 bits per heavy atom. The zero-order valence-corrected chi connectivity index (χ0v) is 15.1. The summed E-state index contributed by atoms with van der Waals surface area (Å²) in [6, 6.07) is 7.89. The van der Waals surface area contributed by atoms with E-state index in [9.17, 15) is 13.2 Å². The van der Waals surface area contributed by atoms with Crippen molar-refractivity contribution in [3.8, 4) is 0 Å². The van der Waals surface area contributed by atoms with Gasteiger partial charge in [-0.05, 0) is 42.7 Å². The average molecular weight is 385 g/mol. The van der Waals surface area contributed by atoms with E-state index in [1.165, 1.54) is 12.1 Å². The fourth-order valence-corrected chi connectivity index (χ4v) is 3.78. The maximum Gasteiger partial charge on any atom is 0.261 e. The van der Waals surface area contributed by atoms with Gasteiger partial charge in [0.05, 0.1) is 10.5 Å². The normalized spacial score (nSPS) is 14.4. The molecule has 1 amide bonds. The Labute approximate surface area is 150 Å². The summed E-state index contributed by atoms with van der Waals surface area (Å²) in [6.07, 6.45) is 2.72. The van der Waals surface area contributed by atoms with Crippen LogP contribution in [0, 0.1) is 0 Å². The maximum atomic E-state index is 12.9. The van der Waals surface area contributed by atoms with Gasteiger partial charge < -0.3 is 4.90 Å². The van der Waals surface area contributed by atoms with E-state index in [2.05, 4.69) is 4.98 Å². The van der Waals surface area contributed by atoms with Crippen molar-refractivity contribution in [2.75, 3.05) is 17.7 Å². The Balaban J connectivity index is 2.07. The summed E-state index contributed by atoms with van der Waals surface area (Å²) in [5.74, 6) is -0.323. The molecule has 1 aliphatic heterocycles. The van der Waals surface area contributed by atoms with Gasteiger partial charge in [-0.3, -0.25) is 4.79 Å². The van der Waals surface area contributed by atoms with E-state index in [0.29, 0.717) is 12.2 Å². The van der Waals surface area contributed by atoms with Crippen molar-refractivity contribution < 1.29 is 13.2 Å². The number of nitrogens with zero attached hydrogens (tertiary/aromatic N) is 2. The Morgan fingerprint density at radius 3 is 2.62 bits per heavy atom. The van der Waals surface area contributed by atoms with Crippen LogP contribution in [-0.4, -0.2) is 32.1 Å². The molecule has 0 unspecified atom stereocenters. The largest absolute Gasteiger partial charge is 0.308 e. The van der Waals surface area contributed by atoms with E-state index in [1.807, 2.05) is 0 Å². The standard InChI is InChI=1S/C16H14Cl2N2O3S/c1-24(22,23)11-5-4-10-3-2-8-20(13(10)9-11)16(21)12-6-7-14(17)19-15(12)18/h4-7,9H,2-3,8H2,1H3. The molecule has 8 heteroatoms. The number of rotatable bonds is 2. The molecular weight excluding hydrogens is 371 g/mol. The van der Waals surface area contributed by atoms with Gasteiger partial charge in [0.25, 0.3) is 5.91 Å². The van der Waals surface area contributed by atoms with Crippen molar-refractivity contribution in [1.29, 1.82) is 0 Å². The molecule has 0 spiro atoms. The van der Waals surface area contributed by atoms with Crippen LogP contribution in [0.15, 0.2) is 35.2 Å². The number of aromatic nitrogens is 1. The lowest BCUT2D eigenvalue weighted by Crippen LogP contribution is -2.35. The number of halogens is 2. The molecule has 126 valence electrons. The Bertz CT molecular complexity index is 929. The molecule has 3 rings (SSSR count). The van der Waals surface area contributed by atoms with Crippen LogP contribution in [-0.2, 0) is 16.3 Å². The van der Waals surface area contributed by atoms with Crippen LogP contribution in [0.4, 0.5) is 5.69 Å². The molecule has 1 aliphatic rings. The van der Waals surface area contributed by atoms with Crippen molar-refractivity contribution in [1.82, 2.24) is 4.98 Å². The molecule has 0 fully saturated rings. The molecule has 1 aromatic carbocycles. The number of fused-ring (bicyclic) bond motifs is 1. The topological polar surface area (TPSA) is 67.3 Å². The molecule has 0 saturated carbocycles. The van der Waals surface area contributed by atoms with Gasteiger partial charge in [-0.25, -0.2) is 13.4 Å². The van der Waals surface area contributed by atoms with Gasteiger partial charge in [0.2, 0.25) is 0 Å². The monoisotopic (exact) mass is 384 g/mol. The van der Waals surface area contributed by atoms with Gasteiger partial charge in [-0.2, -0.15) is 0 Å². The molecule has 2 heterocycles. The molecule has 0 aliphatic carbocycles. The molecule has 1 aromatic heterocycles. The van der Waals surface area contributed by atoms with E-state index >= 15 is 0 Å². The first-order chi connectivity index (χ1) is 11.3. The molecule has 24 heavy (non-hydrogen) atoms. The molecule has 0 radical (unpaired) electrons. The number of sulfone groups is 1. The smallest absolute Gasteiger partial charge is 0.261 e. The molecule has 2 aromatic rings. The Morgan fingerprint density at radius 2 is 1.96 bits per heavy atom. The first kappa shape index (κ1) is 17.2. The number of hydrogen-bond donors (Lipinski definition) is 0. The predicted octanol–water partition coefficient (Wildman–Crippen LogP) is 3.38. The van der Waals surface area contributed by atoms with Crippen LogP contribution in [0.1, 0.15) is 22.3 Å². The highest BCUT2D eigenvalue weighted by Gasteiger charge is 2.26. The maximum absolute atomic E-state index is 12.9. The SMILES string of the molecule is CS(=O)(=O)c1ccc2c(c1)N(C(=O)c1ccc(Cl)nc1Cl)CCC2. The summed E-state index contributed by atoms with van der Waals surface area (Å²) in [6.45, 7) is 0.484. The lowest BCUT2D eigenvalue weighted by atomic mass is 10.0. The number of hydrogen-bond acceptors (Lipinski definition) is 4. The molecule has 0 saturated heterocycles. The number of amides is 1. The van der Waals surface area contributed by atoms with Gasteiger partial charge in [0, 0.05) is 18.5 Å². The van der Waals surface area contributed by atoms with Crippen LogP contribution in [0.25, 0.3) is 0 Å². The number of benzene rings is 1. The van der Waals surface area contributed by atoms with E-state index in [4.69, 9.17) is 23.2 Å². The van der Waals surface area contributed by atoms with Crippen LogP contribution < -0.4 is 4.90 Å². The number of carbonyl (C=O) groups is 1. The highest BCUT2D eigenvalue weighted by molar-refractivity contribution is 7.90. The summed E-state index contributed by atoms with van der Waals surface area (Å²) in [5, 5.41) is 0.230. The summed E-state index contributed by atoms with van der Waals surface area (Å²) in [4.78, 5) is 18.5. The van der Waals surface area contributed by atoms with Crippen LogP contribution in [0.3, 0.4) is 0 Å². The van der Waals surface area contributed by atoms with Gasteiger partial charge in [-0.1, -0.05) is 29.3 Å². The van der Waals surface area contributed by atoms with Crippen LogP contribution in [0.5, 0.6) is 0 Å². The third-order valence-electron chi connectivity index (χ3n) is 3.89. The fraction of sp³-hybridized carbons (Fsp3) is 0.250. The first-order valence-electron chi connectivity index (χ1n) is 7.24. The van der Waals surface area contributed by atoms with Crippen molar-refractivity contribution >= 4 is 44.6 Å². The highest BCUT2D eigenvalue weighted by atomic mass is 35.5. The van der Waals surface area contributed by atoms with Gasteiger partial charge in [0.1, 0.15) is 10.3 Å². The van der Waals surface area contributed by atoms with Crippen molar-refractivity contribution in [3.63, 3.8) is 0 Å². The summed E-state index contributed by atoms with van der Waals surface area (Å²) >= 11 is 11.8. The predicted molar refractivity (Wildman–Crippen MR) is 93.8 cm³/mol. The Kier molecular flexibility index (Phi) is 4.55. The number of carbonyl (C=O) groups excluding carboxylic acids is 1. The van der Waals surface area contributed by atoms with Crippen molar-refractivity contribution in [2.45, 2.75) is 17.7 Å². The fourth-order valence-electron chi connectivity index (χ4n) is 2.71.